The van der Waals surface area contributed by atoms with E-state index < -0.39 is 0 Å². The fraction of sp³-hybridized carbons (Fsp3) is 0.600. The maximum Gasteiger partial charge on any atom is 0.138 e. The summed E-state index contributed by atoms with van der Waals surface area (Å²) in [6.07, 6.45) is 11.1. The number of anilines is 1. The van der Waals surface area contributed by atoms with Crippen LogP contribution in [0.3, 0.4) is 0 Å². The van der Waals surface area contributed by atoms with Crippen molar-refractivity contribution < 1.29 is 0 Å². The van der Waals surface area contributed by atoms with Gasteiger partial charge in [-0.15, -0.1) is 11.3 Å². The van der Waals surface area contributed by atoms with Crippen molar-refractivity contribution in [1.29, 1.82) is 0 Å². The number of rotatable bonds is 3. The summed E-state index contributed by atoms with van der Waals surface area (Å²) in [6, 6.07) is 0.650. The van der Waals surface area contributed by atoms with Crippen LogP contribution in [-0.2, 0) is 0 Å². The van der Waals surface area contributed by atoms with Gasteiger partial charge in [-0.25, -0.2) is 9.97 Å². The van der Waals surface area contributed by atoms with Gasteiger partial charge in [-0.05, 0) is 42.5 Å². The first kappa shape index (κ1) is 11.6. The smallest absolute Gasteiger partial charge is 0.138 e. The number of hydrogen-bond acceptors (Lipinski definition) is 4. The van der Waals surface area contributed by atoms with E-state index in [0.717, 1.165) is 16.6 Å². The summed E-state index contributed by atoms with van der Waals surface area (Å²) in [6.45, 7) is 0. The Bertz CT molecular complexity index is 582. The predicted octanol–water partition coefficient (Wildman–Crippen LogP) is 4.31. The molecule has 2 aromatic rings. The molecular weight excluding hydrogens is 254 g/mol. The van der Waals surface area contributed by atoms with Crippen LogP contribution in [0.4, 0.5) is 5.82 Å². The van der Waals surface area contributed by atoms with Crippen LogP contribution in [0.2, 0.25) is 0 Å². The first-order valence-corrected chi connectivity index (χ1v) is 8.28. The van der Waals surface area contributed by atoms with Crippen LogP contribution in [-0.4, -0.2) is 16.0 Å². The van der Waals surface area contributed by atoms with Gasteiger partial charge in [0.1, 0.15) is 17.0 Å². The van der Waals surface area contributed by atoms with Gasteiger partial charge in [-0.2, -0.15) is 0 Å². The summed E-state index contributed by atoms with van der Waals surface area (Å²) >= 11 is 1.78. The van der Waals surface area contributed by atoms with Gasteiger partial charge in [0.25, 0.3) is 0 Å². The topological polar surface area (TPSA) is 37.8 Å². The lowest BCUT2D eigenvalue weighted by molar-refractivity contribution is 0.446. The van der Waals surface area contributed by atoms with Gasteiger partial charge < -0.3 is 5.32 Å². The van der Waals surface area contributed by atoms with Crippen molar-refractivity contribution in [3.05, 3.63) is 17.3 Å². The highest BCUT2D eigenvalue weighted by molar-refractivity contribution is 7.17. The lowest BCUT2D eigenvalue weighted by Gasteiger charge is -2.21. The van der Waals surface area contributed by atoms with E-state index in [1.165, 1.54) is 55.9 Å². The molecule has 0 amide bonds. The number of fused-ring (bicyclic) bond motifs is 1. The number of hydrogen-bond donors (Lipinski definition) is 1. The van der Waals surface area contributed by atoms with Crippen molar-refractivity contribution in [3.8, 4) is 0 Å². The maximum absolute atomic E-state index is 4.50. The summed E-state index contributed by atoms with van der Waals surface area (Å²) in [4.78, 5) is 10.1. The van der Waals surface area contributed by atoms with Crippen LogP contribution in [0.1, 0.15) is 56.4 Å². The van der Waals surface area contributed by atoms with Crippen LogP contribution in [0, 0.1) is 0 Å². The van der Waals surface area contributed by atoms with E-state index in [1.54, 1.807) is 17.7 Å². The molecule has 0 radical (unpaired) electrons. The van der Waals surface area contributed by atoms with Crippen molar-refractivity contribution in [1.82, 2.24) is 9.97 Å². The lowest BCUT2D eigenvalue weighted by Crippen LogP contribution is -2.07. The van der Waals surface area contributed by atoms with Gasteiger partial charge in [0, 0.05) is 6.04 Å². The van der Waals surface area contributed by atoms with E-state index in [0.29, 0.717) is 6.04 Å². The number of nitrogens with one attached hydrogen (secondary N) is 1. The van der Waals surface area contributed by atoms with Crippen molar-refractivity contribution >= 4 is 27.4 Å². The average Bonchev–Trinajstić information content (AvgIpc) is 3.16. The second kappa shape index (κ2) is 4.75. The van der Waals surface area contributed by atoms with Crippen LogP contribution in [0.5, 0.6) is 0 Å². The molecule has 0 spiro atoms. The molecule has 2 fully saturated rings. The molecule has 4 rings (SSSR count). The lowest BCUT2D eigenvalue weighted by atomic mass is 9.84. The molecule has 2 aliphatic rings. The Labute approximate surface area is 117 Å². The molecule has 2 heterocycles. The van der Waals surface area contributed by atoms with E-state index in [4.69, 9.17) is 0 Å². The van der Waals surface area contributed by atoms with Crippen LogP contribution < -0.4 is 5.32 Å². The molecule has 0 atom stereocenters. The first-order chi connectivity index (χ1) is 9.42. The van der Waals surface area contributed by atoms with Crippen LogP contribution >= 0.6 is 11.3 Å². The predicted molar refractivity (Wildman–Crippen MR) is 79.9 cm³/mol. The Kier molecular flexibility index (Phi) is 2.91. The summed E-state index contributed by atoms with van der Waals surface area (Å²) in [5, 5.41) is 7.22. The molecule has 0 aromatic carbocycles. The Morgan fingerprint density at radius 1 is 1.05 bits per heavy atom. The van der Waals surface area contributed by atoms with Crippen molar-refractivity contribution in [2.24, 2.45) is 0 Å². The Balaban J connectivity index is 1.76. The first-order valence-electron chi connectivity index (χ1n) is 7.40. The summed E-state index contributed by atoms with van der Waals surface area (Å²) in [5.74, 6) is 1.81. The molecule has 0 aliphatic heterocycles. The minimum absolute atomic E-state index is 0.650. The Morgan fingerprint density at radius 3 is 2.68 bits per heavy atom. The molecule has 100 valence electrons. The molecule has 3 nitrogen and oxygen atoms in total. The van der Waals surface area contributed by atoms with Crippen molar-refractivity contribution in [3.63, 3.8) is 0 Å². The van der Waals surface area contributed by atoms with Crippen LogP contribution in [0.25, 0.3) is 10.2 Å². The third kappa shape index (κ3) is 2.22. The van der Waals surface area contributed by atoms with Crippen molar-refractivity contribution in [2.75, 3.05) is 5.32 Å². The van der Waals surface area contributed by atoms with Gasteiger partial charge in [0.2, 0.25) is 0 Å². The molecule has 2 aliphatic carbocycles. The average molecular weight is 273 g/mol. The fourth-order valence-corrected chi connectivity index (χ4v) is 4.13. The maximum atomic E-state index is 4.50. The van der Waals surface area contributed by atoms with Crippen LogP contribution in [0.15, 0.2) is 11.7 Å². The van der Waals surface area contributed by atoms with E-state index in [9.17, 15) is 0 Å². The fourth-order valence-electron chi connectivity index (χ4n) is 3.14. The van der Waals surface area contributed by atoms with Gasteiger partial charge in [-0.1, -0.05) is 19.3 Å². The molecule has 2 saturated carbocycles. The molecule has 0 unspecified atom stereocenters. The third-order valence-corrected chi connectivity index (χ3v) is 5.27. The highest BCUT2D eigenvalue weighted by Crippen LogP contribution is 2.41. The van der Waals surface area contributed by atoms with E-state index in [2.05, 4.69) is 20.7 Å². The van der Waals surface area contributed by atoms with E-state index in [-0.39, 0.29) is 0 Å². The van der Waals surface area contributed by atoms with Gasteiger partial charge in [0.05, 0.1) is 5.39 Å². The normalized spacial score (nSPS) is 20.8. The molecular formula is C15H19N3S. The minimum atomic E-state index is 0.650. The van der Waals surface area contributed by atoms with Gasteiger partial charge in [-0.3, -0.25) is 0 Å². The zero-order chi connectivity index (χ0) is 12.7. The SMILES string of the molecule is c1nc(NC2CC2)c2c(C3CCCCC3)csc2n1. The zero-order valence-electron chi connectivity index (χ0n) is 11.1. The Morgan fingerprint density at radius 2 is 1.89 bits per heavy atom. The number of nitrogens with zero attached hydrogens (tertiary/aromatic N) is 2. The molecule has 0 saturated heterocycles. The summed E-state index contributed by atoms with van der Waals surface area (Å²) in [5.41, 5.74) is 1.50. The van der Waals surface area contributed by atoms with Gasteiger partial charge in [0.15, 0.2) is 0 Å². The molecule has 0 bridgehead atoms. The van der Waals surface area contributed by atoms with Crippen molar-refractivity contribution in [2.45, 2.75) is 56.9 Å². The summed E-state index contributed by atoms with van der Waals surface area (Å²) in [7, 11) is 0. The Hall–Kier alpha value is -1.16. The third-order valence-electron chi connectivity index (χ3n) is 4.36. The summed E-state index contributed by atoms with van der Waals surface area (Å²) < 4.78 is 0. The minimum Gasteiger partial charge on any atom is -0.367 e. The quantitative estimate of drug-likeness (QED) is 0.905. The zero-order valence-corrected chi connectivity index (χ0v) is 11.9. The standard InChI is InChI=1S/C15H19N3S/c1-2-4-10(5-3-1)12-8-19-15-13(12)14(16-9-17-15)18-11-6-7-11/h8-11H,1-7H2,(H,16,17,18). The largest absolute Gasteiger partial charge is 0.367 e. The molecule has 19 heavy (non-hydrogen) atoms. The number of thiophene rings is 1. The molecule has 1 N–H and O–H groups in total. The van der Waals surface area contributed by atoms with E-state index in [1.807, 2.05) is 0 Å². The number of aromatic nitrogens is 2. The molecule has 4 heteroatoms. The molecule has 2 aromatic heterocycles. The highest BCUT2D eigenvalue weighted by atomic mass is 32.1. The second-order valence-electron chi connectivity index (χ2n) is 5.85. The van der Waals surface area contributed by atoms with Gasteiger partial charge >= 0.3 is 0 Å². The highest BCUT2D eigenvalue weighted by Gasteiger charge is 2.25. The monoisotopic (exact) mass is 273 g/mol. The van der Waals surface area contributed by atoms with E-state index >= 15 is 0 Å². The second-order valence-corrected chi connectivity index (χ2v) is 6.71.